The van der Waals surface area contributed by atoms with Gasteiger partial charge in [-0.3, -0.25) is 0 Å². The van der Waals surface area contributed by atoms with Crippen molar-refractivity contribution >= 4 is 17.3 Å². The zero-order valence-corrected chi connectivity index (χ0v) is 10.4. The molecule has 0 bridgehead atoms. The molecule has 0 fully saturated rings. The Labute approximate surface area is 100 Å². The van der Waals surface area contributed by atoms with Crippen LogP contribution in [0.5, 0.6) is 0 Å². The molecule has 1 heterocycles. The smallest absolute Gasteiger partial charge is 0.166 e. The van der Waals surface area contributed by atoms with Crippen LogP contribution in [0, 0.1) is 0 Å². The van der Waals surface area contributed by atoms with Crippen molar-refractivity contribution in [3.8, 4) is 0 Å². The van der Waals surface area contributed by atoms with Gasteiger partial charge in [-0.05, 0) is 12.2 Å². The molecule has 0 atom stereocenters. The molecular weight excluding hydrogens is 226 g/mol. The zero-order valence-electron chi connectivity index (χ0n) is 9.56. The van der Waals surface area contributed by atoms with Gasteiger partial charge in [0.05, 0.1) is 6.61 Å². The fraction of sp³-hybridized carbons (Fsp3) is 0.667. The number of rotatable bonds is 6. The van der Waals surface area contributed by atoms with E-state index in [4.69, 9.17) is 17.0 Å². The van der Waals surface area contributed by atoms with Crippen molar-refractivity contribution in [2.75, 3.05) is 26.8 Å². The molecule has 7 heteroatoms. The molecule has 0 aromatic carbocycles. The number of aryl methyl sites for hydroxylation is 1. The Morgan fingerprint density at radius 3 is 2.88 bits per heavy atom. The SMILES string of the molecule is COCCNC(=S)NCCc1nncn1C. The van der Waals surface area contributed by atoms with Crippen LogP contribution in [-0.4, -0.2) is 46.7 Å². The van der Waals surface area contributed by atoms with Gasteiger partial charge < -0.3 is 19.9 Å². The molecule has 0 amide bonds. The Bertz CT molecular complexity index is 327. The molecular formula is C9H17N5OS. The highest BCUT2D eigenvalue weighted by Crippen LogP contribution is 1.90. The Morgan fingerprint density at radius 2 is 2.25 bits per heavy atom. The second-order valence-corrected chi connectivity index (χ2v) is 3.69. The topological polar surface area (TPSA) is 64.0 Å². The third-order valence-corrected chi connectivity index (χ3v) is 2.32. The van der Waals surface area contributed by atoms with Gasteiger partial charge in [-0.1, -0.05) is 0 Å². The number of hydrogen-bond donors (Lipinski definition) is 2. The van der Waals surface area contributed by atoms with Crippen molar-refractivity contribution in [3.05, 3.63) is 12.2 Å². The van der Waals surface area contributed by atoms with Crippen molar-refractivity contribution in [1.82, 2.24) is 25.4 Å². The predicted molar refractivity (Wildman–Crippen MR) is 65.2 cm³/mol. The fourth-order valence-corrected chi connectivity index (χ4v) is 1.35. The number of hydrogen-bond acceptors (Lipinski definition) is 4. The van der Waals surface area contributed by atoms with Crippen molar-refractivity contribution < 1.29 is 4.74 Å². The van der Waals surface area contributed by atoms with Crippen molar-refractivity contribution in [3.63, 3.8) is 0 Å². The van der Waals surface area contributed by atoms with Crippen LogP contribution in [0.3, 0.4) is 0 Å². The maximum atomic E-state index is 5.07. The number of aromatic nitrogens is 3. The monoisotopic (exact) mass is 243 g/mol. The lowest BCUT2D eigenvalue weighted by Gasteiger charge is -2.09. The summed E-state index contributed by atoms with van der Waals surface area (Å²) in [7, 11) is 3.58. The molecule has 90 valence electrons. The summed E-state index contributed by atoms with van der Waals surface area (Å²) >= 11 is 5.07. The molecule has 6 nitrogen and oxygen atoms in total. The third-order valence-electron chi connectivity index (χ3n) is 2.03. The summed E-state index contributed by atoms with van der Waals surface area (Å²) in [4.78, 5) is 0. The normalized spacial score (nSPS) is 10.1. The highest BCUT2D eigenvalue weighted by Gasteiger charge is 2.00. The maximum absolute atomic E-state index is 5.07. The van der Waals surface area contributed by atoms with Crippen molar-refractivity contribution in [2.24, 2.45) is 7.05 Å². The number of nitrogens with one attached hydrogen (secondary N) is 2. The predicted octanol–water partition coefficient (Wildman–Crippen LogP) is -0.532. The van der Waals surface area contributed by atoms with Crippen LogP contribution in [-0.2, 0) is 18.2 Å². The molecule has 0 aliphatic carbocycles. The first-order valence-electron chi connectivity index (χ1n) is 5.07. The first-order valence-corrected chi connectivity index (χ1v) is 5.48. The van der Waals surface area contributed by atoms with Gasteiger partial charge in [0.2, 0.25) is 0 Å². The number of ether oxygens (including phenoxy) is 1. The molecule has 0 aliphatic heterocycles. The van der Waals surface area contributed by atoms with Gasteiger partial charge in [0.1, 0.15) is 12.2 Å². The molecule has 0 unspecified atom stereocenters. The van der Waals surface area contributed by atoms with Crippen LogP contribution in [0.1, 0.15) is 5.82 Å². The van der Waals surface area contributed by atoms with E-state index in [1.807, 2.05) is 11.6 Å². The van der Waals surface area contributed by atoms with Crippen LogP contribution in [0.15, 0.2) is 6.33 Å². The van der Waals surface area contributed by atoms with E-state index in [-0.39, 0.29) is 0 Å². The Morgan fingerprint density at radius 1 is 1.50 bits per heavy atom. The summed E-state index contributed by atoms with van der Waals surface area (Å²) in [5, 5.41) is 14.5. The second-order valence-electron chi connectivity index (χ2n) is 3.28. The summed E-state index contributed by atoms with van der Waals surface area (Å²) in [5.74, 6) is 0.937. The fourth-order valence-electron chi connectivity index (χ4n) is 1.15. The van der Waals surface area contributed by atoms with E-state index >= 15 is 0 Å². The molecule has 2 N–H and O–H groups in total. The van der Waals surface area contributed by atoms with Gasteiger partial charge in [-0.15, -0.1) is 10.2 Å². The molecule has 0 saturated heterocycles. The lowest BCUT2D eigenvalue weighted by molar-refractivity contribution is 0.204. The summed E-state index contributed by atoms with van der Waals surface area (Å²) in [5.41, 5.74) is 0. The van der Waals surface area contributed by atoms with E-state index in [0.29, 0.717) is 18.3 Å². The average molecular weight is 243 g/mol. The number of nitrogens with zero attached hydrogens (tertiary/aromatic N) is 3. The Kier molecular flexibility index (Phi) is 5.73. The van der Waals surface area contributed by atoms with Crippen LogP contribution in [0.4, 0.5) is 0 Å². The van der Waals surface area contributed by atoms with Gasteiger partial charge in [0, 0.05) is 33.7 Å². The summed E-state index contributed by atoms with van der Waals surface area (Å²) in [6.45, 7) is 2.10. The van der Waals surface area contributed by atoms with Gasteiger partial charge >= 0.3 is 0 Å². The van der Waals surface area contributed by atoms with E-state index in [9.17, 15) is 0 Å². The highest BCUT2D eigenvalue weighted by molar-refractivity contribution is 7.80. The number of methoxy groups -OCH3 is 1. The van der Waals surface area contributed by atoms with E-state index in [1.54, 1.807) is 13.4 Å². The molecule has 0 aliphatic rings. The largest absolute Gasteiger partial charge is 0.383 e. The Balaban J connectivity index is 2.11. The van der Waals surface area contributed by atoms with E-state index in [2.05, 4.69) is 20.8 Å². The minimum atomic E-state index is 0.638. The lowest BCUT2D eigenvalue weighted by Crippen LogP contribution is -2.38. The summed E-state index contributed by atoms with van der Waals surface area (Å²) in [6, 6.07) is 0. The maximum Gasteiger partial charge on any atom is 0.166 e. The van der Waals surface area contributed by atoms with Gasteiger partial charge in [-0.2, -0.15) is 0 Å². The highest BCUT2D eigenvalue weighted by atomic mass is 32.1. The van der Waals surface area contributed by atoms with Crippen LogP contribution < -0.4 is 10.6 Å². The van der Waals surface area contributed by atoms with Crippen molar-refractivity contribution in [1.29, 1.82) is 0 Å². The van der Waals surface area contributed by atoms with Gasteiger partial charge in [0.25, 0.3) is 0 Å². The zero-order chi connectivity index (χ0) is 11.8. The molecule has 0 saturated carbocycles. The van der Waals surface area contributed by atoms with E-state index < -0.39 is 0 Å². The molecule has 16 heavy (non-hydrogen) atoms. The molecule has 1 aromatic heterocycles. The van der Waals surface area contributed by atoms with Crippen LogP contribution in [0.25, 0.3) is 0 Å². The van der Waals surface area contributed by atoms with E-state index in [1.165, 1.54) is 0 Å². The molecule has 1 rings (SSSR count). The summed E-state index contributed by atoms with van der Waals surface area (Å²) < 4.78 is 6.79. The molecule has 1 aromatic rings. The second kappa shape index (κ2) is 7.13. The lowest BCUT2D eigenvalue weighted by atomic mass is 10.4. The van der Waals surface area contributed by atoms with Gasteiger partial charge in [0.15, 0.2) is 5.11 Å². The van der Waals surface area contributed by atoms with Gasteiger partial charge in [-0.25, -0.2) is 0 Å². The van der Waals surface area contributed by atoms with Crippen LogP contribution in [0.2, 0.25) is 0 Å². The quantitative estimate of drug-likeness (QED) is 0.517. The minimum absolute atomic E-state index is 0.638. The summed E-state index contributed by atoms with van der Waals surface area (Å²) in [6.07, 6.45) is 2.48. The standard InChI is InChI=1S/C9H17N5OS/c1-14-7-12-13-8(14)3-4-10-9(16)11-5-6-15-2/h7H,3-6H2,1-2H3,(H2,10,11,16). The average Bonchev–Trinajstić information content (AvgIpc) is 2.65. The first kappa shape index (κ1) is 12.9. The number of thiocarbonyl (C=S) groups is 1. The van der Waals surface area contributed by atoms with Crippen LogP contribution >= 0.6 is 12.2 Å². The minimum Gasteiger partial charge on any atom is -0.383 e. The molecule has 0 radical (unpaired) electrons. The first-order chi connectivity index (χ1) is 7.74. The van der Waals surface area contributed by atoms with E-state index in [0.717, 1.165) is 18.8 Å². The van der Waals surface area contributed by atoms with Crippen molar-refractivity contribution in [2.45, 2.75) is 6.42 Å². The Hall–Kier alpha value is -1.21. The third kappa shape index (κ3) is 4.54. The molecule has 0 spiro atoms.